The largest absolute Gasteiger partial charge is 0.359 e. The van der Waals surface area contributed by atoms with Crippen LogP contribution in [0, 0.1) is 5.92 Å². The van der Waals surface area contributed by atoms with Crippen molar-refractivity contribution in [1.82, 2.24) is 10.6 Å². The second kappa shape index (κ2) is 9.52. The van der Waals surface area contributed by atoms with Crippen LogP contribution in [0.4, 0.5) is 5.69 Å². The van der Waals surface area contributed by atoms with Gasteiger partial charge in [-0.15, -0.1) is 0 Å². The molecule has 2 aromatic rings. The Labute approximate surface area is 159 Å². The van der Waals surface area contributed by atoms with E-state index in [1.807, 2.05) is 26.0 Å². The first-order valence-electron chi connectivity index (χ1n) is 8.87. The summed E-state index contributed by atoms with van der Waals surface area (Å²) in [5.74, 6) is -0.875. The van der Waals surface area contributed by atoms with Gasteiger partial charge in [0.05, 0.1) is 6.42 Å². The fraction of sp³-hybridized carbons (Fsp3) is 0.286. The van der Waals surface area contributed by atoms with E-state index in [-0.39, 0.29) is 30.1 Å². The highest BCUT2D eigenvalue weighted by molar-refractivity contribution is 6.01. The Bertz CT molecular complexity index is 803. The van der Waals surface area contributed by atoms with Crippen molar-refractivity contribution in [3.05, 3.63) is 65.7 Å². The minimum Gasteiger partial charge on any atom is -0.359 e. The molecule has 1 atom stereocenters. The predicted octanol–water partition coefficient (Wildman–Crippen LogP) is 2.37. The van der Waals surface area contributed by atoms with Gasteiger partial charge >= 0.3 is 0 Å². The summed E-state index contributed by atoms with van der Waals surface area (Å²) in [5, 5.41) is 8.21. The molecule has 0 bridgehead atoms. The third-order valence-electron chi connectivity index (χ3n) is 4.18. The van der Waals surface area contributed by atoms with Gasteiger partial charge in [0, 0.05) is 18.3 Å². The zero-order valence-electron chi connectivity index (χ0n) is 15.8. The summed E-state index contributed by atoms with van der Waals surface area (Å²) < 4.78 is 0. The van der Waals surface area contributed by atoms with Crippen molar-refractivity contribution < 1.29 is 14.4 Å². The first kappa shape index (κ1) is 20.2. The molecule has 0 radical (unpaired) electrons. The normalized spacial score (nSPS) is 11.6. The van der Waals surface area contributed by atoms with Gasteiger partial charge in [-0.3, -0.25) is 14.4 Å². The van der Waals surface area contributed by atoms with E-state index in [1.165, 1.54) is 0 Å². The Kier molecular flexibility index (Phi) is 7.11. The van der Waals surface area contributed by atoms with Crippen LogP contribution in [0.3, 0.4) is 0 Å². The van der Waals surface area contributed by atoms with E-state index in [0.717, 1.165) is 0 Å². The number of hydrogen-bond acceptors (Lipinski definition) is 3. The maximum Gasteiger partial charge on any atom is 0.251 e. The molecule has 0 fully saturated rings. The number of nitrogens with one attached hydrogen (secondary N) is 3. The lowest BCUT2D eigenvalue weighted by molar-refractivity contribution is -0.120. The van der Waals surface area contributed by atoms with E-state index in [4.69, 9.17) is 0 Å². The van der Waals surface area contributed by atoms with Crippen LogP contribution in [-0.4, -0.2) is 30.8 Å². The van der Waals surface area contributed by atoms with Crippen molar-refractivity contribution in [2.24, 2.45) is 5.92 Å². The van der Waals surface area contributed by atoms with Crippen molar-refractivity contribution in [3.63, 3.8) is 0 Å². The molecule has 0 spiro atoms. The molecule has 0 saturated carbocycles. The van der Waals surface area contributed by atoms with Crippen LogP contribution >= 0.6 is 0 Å². The summed E-state index contributed by atoms with van der Waals surface area (Å²) in [6, 6.07) is 15.2. The van der Waals surface area contributed by atoms with Gasteiger partial charge in [-0.05, 0) is 29.7 Å². The molecule has 6 nitrogen and oxygen atoms in total. The second-order valence-electron chi connectivity index (χ2n) is 6.56. The van der Waals surface area contributed by atoms with E-state index in [9.17, 15) is 14.4 Å². The highest BCUT2D eigenvalue weighted by Crippen LogP contribution is 2.17. The Morgan fingerprint density at radius 1 is 0.926 bits per heavy atom. The number of benzene rings is 2. The highest BCUT2D eigenvalue weighted by atomic mass is 16.2. The Hall–Kier alpha value is -3.15. The third kappa shape index (κ3) is 5.67. The van der Waals surface area contributed by atoms with Crippen LogP contribution in [0.2, 0.25) is 0 Å². The number of likely N-dealkylation sites (N-methyl/N-ethyl adjacent to an activating group) is 1. The lowest BCUT2D eigenvalue weighted by Gasteiger charge is -2.22. The molecule has 3 N–H and O–H groups in total. The number of carbonyl (C=O) groups excluding carboxylic acids is 3. The van der Waals surface area contributed by atoms with Crippen LogP contribution in [0.15, 0.2) is 54.6 Å². The lowest BCUT2D eigenvalue weighted by atomic mass is 10.0. The highest BCUT2D eigenvalue weighted by Gasteiger charge is 2.25. The summed E-state index contributed by atoms with van der Waals surface area (Å²) in [6.45, 7) is 3.73. The first-order chi connectivity index (χ1) is 12.9. The standard InChI is InChI=1S/C21H25N3O3/c1-14(2)19(24-20(26)15-9-5-4-6-10-15)21(27)23-17-12-8-7-11-16(17)13-18(25)22-3/h4-12,14,19H,13H2,1-3H3,(H,22,25)(H,23,27)(H,24,26). The number of carbonyl (C=O) groups is 3. The van der Waals surface area contributed by atoms with E-state index in [1.54, 1.807) is 49.5 Å². The number of para-hydroxylation sites is 1. The summed E-state index contributed by atoms with van der Waals surface area (Å²) in [6.07, 6.45) is 0.162. The number of rotatable bonds is 7. The molecule has 2 rings (SSSR count). The monoisotopic (exact) mass is 367 g/mol. The fourth-order valence-corrected chi connectivity index (χ4v) is 2.62. The maximum atomic E-state index is 12.8. The summed E-state index contributed by atoms with van der Waals surface area (Å²) in [5.41, 5.74) is 1.77. The SMILES string of the molecule is CNC(=O)Cc1ccccc1NC(=O)C(NC(=O)c1ccccc1)C(C)C. The van der Waals surface area contributed by atoms with Crippen molar-refractivity contribution >= 4 is 23.4 Å². The zero-order valence-corrected chi connectivity index (χ0v) is 15.8. The van der Waals surface area contributed by atoms with E-state index >= 15 is 0 Å². The second-order valence-corrected chi connectivity index (χ2v) is 6.56. The van der Waals surface area contributed by atoms with Gasteiger partial charge < -0.3 is 16.0 Å². The van der Waals surface area contributed by atoms with E-state index < -0.39 is 6.04 Å². The van der Waals surface area contributed by atoms with Crippen LogP contribution < -0.4 is 16.0 Å². The van der Waals surface area contributed by atoms with Crippen LogP contribution in [0.5, 0.6) is 0 Å². The topological polar surface area (TPSA) is 87.3 Å². The van der Waals surface area contributed by atoms with Gasteiger partial charge in [0.2, 0.25) is 11.8 Å². The van der Waals surface area contributed by atoms with Gasteiger partial charge in [0.25, 0.3) is 5.91 Å². The van der Waals surface area contributed by atoms with Crippen LogP contribution in [0.1, 0.15) is 29.8 Å². The van der Waals surface area contributed by atoms with Gasteiger partial charge in [-0.2, -0.15) is 0 Å². The van der Waals surface area contributed by atoms with Crippen molar-refractivity contribution in [3.8, 4) is 0 Å². The van der Waals surface area contributed by atoms with Gasteiger partial charge in [-0.25, -0.2) is 0 Å². The number of hydrogen-bond donors (Lipinski definition) is 3. The molecule has 1 unspecified atom stereocenters. The van der Waals surface area contributed by atoms with Gasteiger partial charge in [-0.1, -0.05) is 50.2 Å². The minimum absolute atomic E-state index is 0.108. The number of anilines is 1. The van der Waals surface area contributed by atoms with Crippen molar-refractivity contribution in [1.29, 1.82) is 0 Å². The van der Waals surface area contributed by atoms with Gasteiger partial charge in [0.15, 0.2) is 0 Å². The molecule has 0 aliphatic rings. The Morgan fingerprint density at radius 2 is 1.56 bits per heavy atom. The molecular weight excluding hydrogens is 342 g/mol. The van der Waals surface area contributed by atoms with Crippen molar-refractivity contribution in [2.75, 3.05) is 12.4 Å². The smallest absolute Gasteiger partial charge is 0.251 e. The first-order valence-corrected chi connectivity index (χ1v) is 8.87. The molecule has 0 aliphatic heterocycles. The third-order valence-corrected chi connectivity index (χ3v) is 4.18. The van der Waals surface area contributed by atoms with Crippen LogP contribution in [-0.2, 0) is 16.0 Å². The Morgan fingerprint density at radius 3 is 2.19 bits per heavy atom. The average Bonchev–Trinajstić information content (AvgIpc) is 2.67. The summed E-state index contributed by atoms with van der Waals surface area (Å²) >= 11 is 0. The molecular formula is C21H25N3O3. The van der Waals surface area contributed by atoms with Gasteiger partial charge in [0.1, 0.15) is 6.04 Å². The predicted molar refractivity (Wildman–Crippen MR) is 105 cm³/mol. The summed E-state index contributed by atoms with van der Waals surface area (Å²) in [7, 11) is 1.57. The van der Waals surface area contributed by atoms with Crippen molar-refractivity contribution in [2.45, 2.75) is 26.3 Å². The van der Waals surface area contributed by atoms with E-state index in [2.05, 4.69) is 16.0 Å². The summed E-state index contributed by atoms with van der Waals surface area (Å²) in [4.78, 5) is 36.9. The number of amides is 3. The maximum absolute atomic E-state index is 12.8. The molecule has 0 saturated heterocycles. The molecule has 3 amide bonds. The molecule has 142 valence electrons. The zero-order chi connectivity index (χ0) is 19.8. The fourth-order valence-electron chi connectivity index (χ4n) is 2.62. The quantitative estimate of drug-likeness (QED) is 0.702. The lowest BCUT2D eigenvalue weighted by Crippen LogP contribution is -2.47. The molecule has 2 aromatic carbocycles. The van der Waals surface area contributed by atoms with Crippen LogP contribution in [0.25, 0.3) is 0 Å². The molecule has 0 heterocycles. The molecule has 0 aromatic heterocycles. The minimum atomic E-state index is -0.703. The molecule has 27 heavy (non-hydrogen) atoms. The molecule has 6 heteroatoms. The average molecular weight is 367 g/mol. The molecule has 0 aliphatic carbocycles. The Balaban J connectivity index is 2.14. The van der Waals surface area contributed by atoms with E-state index in [0.29, 0.717) is 16.8 Å².